The van der Waals surface area contributed by atoms with E-state index < -0.39 is 5.91 Å². The molecular weight excluding hydrogens is 168 g/mol. The highest BCUT2D eigenvalue weighted by molar-refractivity contribution is 5.90. The Morgan fingerprint density at radius 3 is 2.69 bits per heavy atom. The fraction of sp³-hybridized carbons (Fsp3) is 0. The lowest BCUT2D eigenvalue weighted by atomic mass is 10.2. The van der Waals surface area contributed by atoms with Crippen LogP contribution in [0.1, 0.15) is 16.1 Å². The van der Waals surface area contributed by atoms with Gasteiger partial charge in [0, 0.05) is 6.20 Å². The largest absolute Gasteiger partial charge is 0.364 e. The SMILES string of the molecule is NC(=O)c1ccc(C=CC=O)cn1. The number of hydrogen-bond donors (Lipinski definition) is 1. The Kier molecular flexibility index (Phi) is 2.92. The maximum atomic E-state index is 10.6. The highest BCUT2D eigenvalue weighted by Gasteiger charge is 1.99. The van der Waals surface area contributed by atoms with E-state index in [4.69, 9.17) is 5.73 Å². The maximum Gasteiger partial charge on any atom is 0.267 e. The van der Waals surface area contributed by atoms with Crippen molar-refractivity contribution in [2.45, 2.75) is 0 Å². The molecule has 1 aromatic rings. The normalized spacial score (nSPS) is 10.2. The van der Waals surface area contributed by atoms with Gasteiger partial charge in [-0.25, -0.2) is 0 Å². The summed E-state index contributed by atoms with van der Waals surface area (Å²) in [5.41, 5.74) is 5.95. The van der Waals surface area contributed by atoms with Crippen LogP contribution in [0.25, 0.3) is 6.08 Å². The van der Waals surface area contributed by atoms with Crippen LogP contribution in [0.2, 0.25) is 0 Å². The molecule has 0 spiro atoms. The minimum absolute atomic E-state index is 0.211. The molecule has 0 bridgehead atoms. The third kappa shape index (κ3) is 2.52. The lowest BCUT2D eigenvalue weighted by Crippen LogP contribution is -2.12. The van der Waals surface area contributed by atoms with Gasteiger partial charge in [-0.3, -0.25) is 14.6 Å². The monoisotopic (exact) mass is 176 g/mol. The van der Waals surface area contributed by atoms with Crippen LogP contribution in [0.15, 0.2) is 24.4 Å². The molecule has 0 aliphatic carbocycles. The molecule has 4 heteroatoms. The Morgan fingerprint density at radius 1 is 1.46 bits per heavy atom. The summed E-state index contributed by atoms with van der Waals surface area (Å²) in [5.74, 6) is -0.564. The number of nitrogens with two attached hydrogens (primary N) is 1. The van der Waals surface area contributed by atoms with Gasteiger partial charge in [-0.05, 0) is 17.7 Å². The molecule has 0 atom stereocenters. The number of carbonyl (C=O) groups excluding carboxylic acids is 2. The van der Waals surface area contributed by atoms with Gasteiger partial charge in [-0.2, -0.15) is 0 Å². The lowest BCUT2D eigenvalue weighted by molar-refractivity contribution is -0.104. The standard InChI is InChI=1S/C9H8N2O2/c10-9(13)8-4-3-7(6-11-8)2-1-5-12/h1-6H,(H2,10,13). The number of primary amides is 1. The topological polar surface area (TPSA) is 73.1 Å². The minimum atomic E-state index is -0.564. The number of aldehydes is 1. The van der Waals surface area contributed by atoms with E-state index in [-0.39, 0.29) is 5.69 Å². The summed E-state index contributed by atoms with van der Waals surface area (Å²) < 4.78 is 0. The Balaban J connectivity index is 2.87. The highest BCUT2D eigenvalue weighted by Crippen LogP contribution is 2.01. The number of rotatable bonds is 3. The molecule has 0 saturated carbocycles. The molecule has 13 heavy (non-hydrogen) atoms. The maximum absolute atomic E-state index is 10.6. The molecule has 0 fully saturated rings. The summed E-state index contributed by atoms with van der Waals surface area (Å²) in [7, 11) is 0. The summed E-state index contributed by atoms with van der Waals surface area (Å²) in [6.07, 6.45) is 5.08. The van der Waals surface area contributed by atoms with Crippen LogP contribution >= 0.6 is 0 Å². The van der Waals surface area contributed by atoms with E-state index >= 15 is 0 Å². The predicted octanol–water partition coefficient (Wildman–Crippen LogP) is 0.393. The molecule has 0 saturated heterocycles. The first kappa shape index (κ1) is 9.12. The Hall–Kier alpha value is -1.97. The van der Waals surface area contributed by atoms with Crippen molar-refractivity contribution in [1.29, 1.82) is 0 Å². The van der Waals surface area contributed by atoms with E-state index in [2.05, 4.69) is 4.98 Å². The quantitative estimate of drug-likeness (QED) is 0.535. The average Bonchev–Trinajstić information content (AvgIpc) is 2.15. The number of hydrogen-bond acceptors (Lipinski definition) is 3. The number of amides is 1. The zero-order valence-corrected chi connectivity index (χ0v) is 6.81. The second-order valence-electron chi connectivity index (χ2n) is 2.34. The second-order valence-corrected chi connectivity index (χ2v) is 2.34. The molecule has 1 aromatic heterocycles. The Morgan fingerprint density at radius 2 is 2.23 bits per heavy atom. The molecule has 1 amide bonds. The number of nitrogens with zero attached hydrogens (tertiary/aromatic N) is 1. The van der Waals surface area contributed by atoms with Gasteiger partial charge < -0.3 is 5.73 Å². The van der Waals surface area contributed by atoms with Gasteiger partial charge in [-0.15, -0.1) is 0 Å². The summed E-state index contributed by atoms with van der Waals surface area (Å²) in [5, 5.41) is 0. The van der Waals surface area contributed by atoms with E-state index in [1.165, 1.54) is 18.3 Å². The van der Waals surface area contributed by atoms with Crippen molar-refractivity contribution in [3.05, 3.63) is 35.7 Å². The van der Waals surface area contributed by atoms with Crippen molar-refractivity contribution in [3.63, 3.8) is 0 Å². The third-order valence-electron chi connectivity index (χ3n) is 1.41. The van der Waals surface area contributed by atoms with E-state index in [1.807, 2.05) is 0 Å². The van der Waals surface area contributed by atoms with E-state index in [1.54, 1.807) is 12.1 Å². The number of allylic oxidation sites excluding steroid dienone is 1. The molecule has 0 aliphatic rings. The molecule has 4 nitrogen and oxygen atoms in total. The molecular formula is C9H8N2O2. The second kappa shape index (κ2) is 4.15. The fourth-order valence-electron chi connectivity index (χ4n) is 0.800. The van der Waals surface area contributed by atoms with Crippen molar-refractivity contribution in [1.82, 2.24) is 4.98 Å². The lowest BCUT2D eigenvalue weighted by Gasteiger charge is -1.94. The van der Waals surface area contributed by atoms with Crippen molar-refractivity contribution in [2.75, 3.05) is 0 Å². The van der Waals surface area contributed by atoms with Crippen LogP contribution in [0.4, 0.5) is 0 Å². The zero-order valence-electron chi connectivity index (χ0n) is 6.81. The van der Waals surface area contributed by atoms with Gasteiger partial charge >= 0.3 is 0 Å². The van der Waals surface area contributed by atoms with Crippen molar-refractivity contribution >= 4 is 18.3 Å². The molecule has 2 N–H and O–H groups in total. The summed E-state index contributed by atoms with van der Waals surface area (Å²) >= 11 is 0. The van der Waals surface area contributed by atoms with Gasteiger partial charge in [0.1, 0.15) is 12.0 Å². The molecule has 1 heterocycles. The minimum Gasteiger partial charge on any atom is -0.364 e. The highest BCUT2D eigenvalue weighted by atomic mass is 16.1. The summed E-state index contributed by atoms with van der Waals surface area (Å²) in [6, 6.07) is 3.17. The molecule has 0 radical (unpaired) electrons. The Bertz CT molecular complexity index is 341. The summed E-state index contributed by atoms with van der Waals surface area (Å²) in [4.78, 5) is 24.4. The van der Waals surface area contributed by atoms with Crippen LogP contribution in [-0.4, -0.2) is 17.2 Å². The van der Waals surface area contributed by atoms with E-state index in [0.717, 1.165) is 5.56 Å². The van der Waals surface area contributed by atoms with Crippen LogP contribution in [-0.2, 0) is 4.79 Å². The van der Waals surface area contributed by atoms with Crippen molar-refractivity contribution in [3.8, 4) is 0 Å². The number of pyridine rings is 1. The van der Waals surface area contributed by atoms with Gasteiger partial charge in [0.05, 0.1) is 0 Å². The molecule has 0 aliphatic heterocycles. The van der Waals surface area contributed by atoms with Crippen molar-refractivity contribution in [2.24, 2.45) is 5.73 Å². The fourth-order valence-corrected chi connectivity index (χ4v) is 0.800. The first-order valence-corrected chi connectivity index (χ1v) is 3.62. The molecule has 0 aromatic carbocycles. The number of carbonyl (C=O) groups is 2. The van der Waals surface area contributed by atoms with Gasteiger partial charge in [0.25, 0.3) is 5.91 Å². The molecule has 66 valence electrons. The van der Waals surface area contributed by atoms with Gasteiger partial charge in [-0.1, -0.05) is 12.1 Å². The van der Waals surface area contributed by atoms with Crippen molar-refractivity contribution < 1.29 is 9.59 Å². The van der Waals surface area contributed by atoms with Gasteiger partial charge in [0.15, 0.2) is 0 Å². The molecule has 1 rings (SSSR count). The van der Waals surface area contributed by atoms with Crippen LogP contribution in [0.5, 0.6) is 0 Å². The Labute approximate surface area is 75.1 Å². The average molecular weight is 176 g/mol. The van der Waals surface area contributed by atoms with Crippen LogP contribution in [0.3, 0.4) is 0 Å². The zero-order chi connectivity index (χ0) is 9.68. The van der Waals surface area contributed by atoms with E-state index in [0.29, 0.717) is 6.29 Å². The smallest absolute Gasteiger partial charge is 0.267 e. The summed E-state index contributed by atoms with van der Waals surface area (Å²) in [6.45, 7) is 0. The molecule has 0 unspecified atom stereocenters. The van der Waals surface area contributed by atoms with Crippen LogP contribution in [0, 0.1) is 0 Å². The van der Waals surface area contributed by atoms with Crippen LogP contribution < -0.4 is 5.73 Å². The first-order valence-electron chi connectivity index (χ1n) is 3.62. The predicted molar refractivity (Wildman–Crippen MR) is 47.9 cm³/mol. The third-order valence-corrected chi connectivity index (χ3v) is 1.41. The van der Waals surface area contributed by atoms with Gasteiger partial charge in [0.2, 0.25) is 0 Å². The number of aromatic nitrogens is 1. The first-order chi connectivity index (χ1) is 6.24. The van der Waals surface area contributed by atoms with E-state index in [9.17, 15) is 9.59 Å².